The fraction of sp³-hybridized carbons (Fsp3) is 0.263. The van der Waals surface area contributed by atoms with Crippen LogP contribution in [-0.2, 0) is 14.3 Å². The Morgan fingerprint density at radius 1 is 1.17 bits per heavy atom. The molecule has 10 heteroatoms. The van der Waals surface area contributed by atoms with Crippen LogP contribution in [0.25, 0.3) is 11.6 Å². The molecule has 0 spiro atoms. The van der Waals surface area contributed by atoms with Crippen LogP contribution < -0.4 is 20.3 Å². The summed E-state index contributed by atoms with van der Waals surface area (Å²) in [7, 11) is 2.69. The molecule has 2 rings (SSSR count). The number of amides is 1. The first-order chi connectivity index (χ1) is 13.9. The van der Waals surface area contributed by atoms with Crippen LogP contribution in [0.5, 0.6) is 11.5 Å². The number of hydrogen-bond donors (Lipinski definition) is 3. The van der Waals surface area contributed by atoms with Crippen molar-refractivity contribution >= 4 is 35.7 Å². The maximum absolute atomic E-state index is 12.2. The van der Waals surface area contributed by atoms with Crippen molar-refractivity contribution in [3.63, 3.8) is 0 Å². The molecule has 9 nitrogen and oxygen atoms in total. The van der Waals surface area contributed by atoms with Gasteiger partial charge in [0.15, 0.2) is 22.9 Å². The largest absolute Gasteiger partial charge is 0.493 e. The summed E-state index contributed by atoms with van der Waals surface area (Å²) >= 11 is 4.96. The summed E-state index contributed by atoms with van der Waals surface area (Å²) in [6, 6.07) is 6.11. The lowest BCUT2D eigenvalue weighted by atomic mass is 10.1. The lowest BCUT2D eigenvalue weighted by Gasteiger charge is -2.12. The summed E-state index contributed by atoms with van der Waals surface area (Å²) in [5.74, 6) is -0.176. The van der Waals surface area contributed by atoms with Gasteiger partial charge in [0, 0.05) is 12.6 Å². The molecule has 1 amide bonds. The van der Waals surface area contributed by atoms with Crippen LogP contribution in [0.3, 0.4) is 0 Å². The monoisotopic (exact) mass is 419 g/mol. The van der Waals surface area contributed by atoms with Crippen molar-refractivity contribution in [1.82, 2.24) is 15.3 Å². The lowest BCUT2D eigenvalue weighted by molar-refractivity contribution is -0.133. The topological polar surface area (TPSA) is 123 Å². The first kappa shape index (κ1) is 21.9. The molecule has 2 aromatic rings. The van der Waals surface area contributed by atoms with E-state index in [0.717, 1.165) is 0 Å². The number of ether oxygens (including phenoxy) is 3. The second-order valence-electron chi connectivity index (χ2n) is 5.70. The zero-order valence-corrected chi connectivity index (χ0v) is 17.0. The SMILES string of the molecule is CCNC(=O)COc1ccc(/C=C(\C(=O)OC)c2cc(=O)[nH]c(=S)[nH]2)cc1OC. The molecule has 1 aromatic heterocycles. The number of H-pyrrole nitrogens is 2. The van der Waals surface area contributed by atoms with Gasteiger partial charge in [-0.1, -0.05) is 6.07 Å². The molecule has 0 aliphatic heterocycles. The Morgan fingerprint density at radius 2 is 1.93 bits per heavy atom. The van der Waals surface area contributed by atoms with E-state index >= 15 is 0 Å². The molecule has 0 bridgehead atoms. The second kappa shape index (κ2) is 10.2. The quantitative estimate of drug-likeness (QED) is 0.338. The summed E-state index contributed by atoms with van der Waals surface area (Å²) in [6.07, 6.45) is 1.52. The standard InChI is InChI=1S/C19H21N3O6S/c1-4-20-17(24)10-28-14-6-5-11(8-15(14)26-2)7-12(18(25)27-3)13-9-16(23)22-19(29)21-13/h5-9H,4,10H2,1-3H3,(H,20,24)(H2,21,22,23,29)/b12-7-. The van der Waals surface area contributed by atoms with Crippen molar-refractivity contribution in [2.24, 2.45) is 0 Å². The minimum atomic E-state index is -0.656. The summed E-state index contributed by atoms with van der Waals surface area (Å²) in [6.45, 7) is 2.16. The van der Waals surface area contributed by atoms with Crippen molar-refractivity contribution in [2.75, 3.05) is 27.4 Å². The molecule has 154 valence electrons. The summed E-state index contributed by atoms with van der Waals surface area (Å²) in [5.41, 5.74) is 0.432. The average molecular weight is 419 g/mol. The van der Waals surface area contributed by atoms with E-state index in [9.17, 15) is 14.4 Å². The first-order valence-corrected chi connectivity index (χ1v) is 9.00. The van der Waals surface area contributed by atoms with Gasteiger partial charge in [0.25, 0.3) is 11.5 Å². The number of likely N-dealkylation sites (N-methyl/N-ethyl adjacent to an activating group) is 1. The number of esters is 1. The van der Waals surface area contributed by atoms with Crippen LogP contribution in [-0.4, -0.2) is 49.2 Å². The van der Waals surface area contributed by atoms with Gasteiger partial charge < -0.3 is 24.5 Å². The fourth-order valence-electron chi connectivity index (χ4n) is 2.42. The van der Waals surface area contributed by atoms with Gasteiger partial charge in [-0.3, -0.25) is 14.6 Å². The minimum Gasteiger partial charge on any atom is -0.493 e. The molecule has 0 atom stereocenters. The molecule has 1 heterocycles. The van der Waals surface area contributed by atoms with E-state index in [4.69, 9.17) is 26.4 Å². The highest BCUT2D eigenvalue weighted by atomic mass is 32.1. The molecule has 29 heavy (non-hydrogen) atoms. The Balaban J connectivity index is 2.40. The highest BCUT2D eigenvalue weighted by molar-refractivity contribution is 7.71. The maximum Gasteiger partial charge on any atom is 0.339 e. The molecular weight excluding hydrogens is 398 g/mol. The Bertz CT molecular complexity index is 1010. The van der Waals surface area contributed by atoms with E-state index < -0.39 is 11.5 Å². The molecule has 0 radical (unpaired) electrons. The Labute approximate surface area is 171 Å². The van der Waals surface area contributed by atoms with E-state index in [1.165, 1.54) is 26.4 Å². The highest BCUT2D eigenvalue weighted by Crippen LogP contribution is 2.29. The molecule has 3 N–H and O–H groups in total. The van der Waals surface area contributed by atoms with E-state index in [2.05, 4.69) is 15.3 Å². The highest BCUT2D eigenvalue weighted by Gasteiger charge is 2.15. The number of methoxy groups -OCH3 is 2. The van der Waals surface area contributed by atoms with Crippen molar-refractivity contribution in [3.05, 3.63) is 50.6 Å². The van der Waals surface area contributed by atoms with Gasteiger partial charge in [-0.05, 0) is 42.9 Å². The third kappa shape index (κ3) is 6.04. The normalized spacial score (nSPS) is 10.9. The molecule has 0 aliphatic carbocycles. The van der Waals surface area contributed by atoms with E-state index in [-0.39, 0.29) is 28.6 Å². The van der Waals surface area contributed by atoms with Gasteiger partial charge in [0.2, 0.25) is 0 Å². The Morgan fingerprint density at radius 3 is 2.55 bits per heavy atom. The average Bonchev–Trinajstić information content (AvgIpc) is 2.69. The third-order valence-corrected chi connectivity index (χ3v) is 3.89. The molecule has 0 aliphatic rings. The van der Waals surface area contributed by atoms with Crippen molar-refractivity contribution in [2.45, 2.75) is 6.92 Å². The predicted octanol–water partition coefficient (Wildman–Crippen LogP) is 1.67. The number of aromatic nitrogens is 2. The third-order valence-electron chi connectivity index (χ3n) is 3.69. The molecule has 1 aromatic carbocycles. The van der Waals surface area contributed by atoms with Gasteiger partial charge in [-0.2, -0.15) is 0 Å². The van der Waals surface area contributed by atoms with Gasteiger partial charge in [-0.25, -0.2) is 4.79 Å². The molecule has 0 saturated carbocycles. The van der Waals surface area contributed by atoms with Gasteiger partial charge in [0.05, 0.1) is 25.5 Å². The number of benzene rings is 1. The number of carbonyl (C=O) groups excluding carboxylic acids is 2. The summed E-state index contributed by atoms with van der Waals surface area (Å²) in [5, 5.41) is 2.63. The van der Waals surface area contributed by atoms with Crippen LogP contribution in [0.4, 0.5) is 0 Å². The van der Waals surface area contributed by atoms with E-state index in [1.807, 2.05) is 6.92 Å². The number of rotatable bonds is 8. The van der Waals surface area contributed by atoms with Gasteiger partial charge >= 0.3 is 5.97 Å². The van der Waals surface area contributed by atoms with Gasteiger partial charge in [-0.15, -0.1) is 0 Å². The zero-order valence-electron chi connectivity index (χ0n) is 16.2. The molecular formula is C19H21N3O6S. The molecule has 0 unspecified atom stereocenters. The second-order valence-corrected chi connectivity index (χ2v) is 6.11. The zero-order chi connectivity index (χ0) is 21.4. The van der Waals surface area contributed by atoms with E-state index in [0.29, 0.717) is 23.6 Å². The van der Waals surface area contributed by atoms with Crippen LogP contribution in [0.2, 0.25) is 0 Å². The van der Waals surface area contributed by atoms with Gasteiger partial charge in [0.1, 0.15) is 0 Å². The summed E-state index contributed by atoms with van der Waals surface area (Å²) < 4.78 is 15.7. The predicted molar refractivity (Wildman–Crippen MR) is 109 cm³/mol. The van der Waals surface area contributed by atoms with E-state index in [1.54, 1.807) is 18.2 Å². The van der Waals surface area contributed by atoms with Crippen molar-refractivity contribution in [1.29, 1.82) is 0 Å². The lowest BCUT2D eigenvalue weighted by Crippen LogP contribution is -2.28. The number of hydrogen-bond acceptors (Lipinski definition) is 7. The van der Waals surface area contributed by atoms with Crippen LogP contribution in [0.1, 0.15) is 18.2 Å². The first-order valence-electron chi connectivity index (χ1n) is 8.59. The maximum atomic E-state index is 12.2. The summed E-state index contributed by atoms with van der Waals surface area (Å²) in [4.78, 5) is 40.7. The molecule has 0 saturated heterocycles. The number of aromatic amines is 2. The van der Waals surface area contributed by atoms with Crippen LogP contribution in [0, 0.1) is 4.77 Å². The smallest absolute Gasteiger partial charge is 0.339 e. The number of carbonyl (C=O) groups is 2. The Hall–Kier alpha value is -3.40. The van der Waals surface area contributed by atoms with Crippen molar-refractivity contribution in [3.8, 4) is 11.5 Å². The minimum absolute atomic E-state index is 0.0778. The molecule has 0 fully saturated rings. The van der Waals surface area contributed by atoms with Crippen molar-refractivity contribution < 1.29 is 23.8 Å². The number of nitrogens with one attached hydrogen (secondary N) is 3. The Kier molecular flexibility index (Phi) is 7.72. The fourth-order valence-corrected chi connectivity index (χ4v) is 2.63. The van der Waals surface area contributed by atoms with Crippen LogP contribution in [0.15, 0.2) is 29.1 Å². The van der Waals surface area contributed by atoms with Crippen LogP contribution >= 0.6 is 12.2 Å².